The van der Waals surface area contributed by atoms with Gasteiger partial charge in [-0.3, -0.25) is 4.79 Å². The number of hydrogen-bond donors (Lipinski definition) is 2. The predicted molar refractivity (Wildman–Crippen MR) is 146 cm³/mol. The van der Waals surface area contributed by atoms with Gasteiger partial charge in [-0.25, -0.2) is 9.97 Å². The van der Waals surface area contributed by atoms with Crippen LogP contribution < -0.4 is 11.1 Å². The van der Waals surface area contributed by atoms with Crippen molar-refractivity contribution in [1.29, 1.82) is 0 Å². The summed E-state index contributed by atoms with van der Waals surface area (Å²) in [4.78, 5) is 23.2. The number of rotatable bonds is 9. The Balaban J connectivity index is 1.41. The Labute approximate surface area is 211 Å². The molecular formula is C30H31N5O. The van der Waals surface area contributed by atoms with E-state index in [1.54, 1.807) is 0 Å². The van der Waals surface area contributed by atoms with Crippen molar-refractivity contribution in [2.24, 2.45) is 0 Å². The van der Waals surface area contributed by atoms with Gasteiger partial charge in [-0.1, -0.05) is 72.8 Å². The van der Waals surface area contributed by atoms with Crippen LogP contribution in [0.25, 0.3) is 22.2 Å². The van der Waals surface area contributed by atoms with Crippen LogP contribution in [-0.4, -0.2) is 26.5 Å². The quantitative estimate of drug-likeness (QED) is 0.291. The van der Waals surface area contributed by atoms with Crippen molar-refractivity contribution >= 4 is 33.9 Å². The molecule has 6 heteroatoms. The zero-order valence-electron chi connectivity index (χ0n) is 20.5. The van der Waals surface area contributed by atoms with Crippen molar-refractivity contribution in [3.8, 4) is 0 Å². The van der Waals surface area contributed by atoms with E-state index in [0.717, 1.165) is 36.7 Å². The molecular weight excluding hydrogens is 446 g/mol. The first-order valence-electron chi connectivity index (χ1n) is 12.5. The molecule has 36 heavy (non-hydrogen) atoms. The van der Waals surface area contributed by atoms with E-state index in [9.17, 15) is 4.79 Å². The fourth-order valence-corrected chi connectivity index (χ4v) is 4.65. The molecule has 2 aromatic heterocycles. The lowest BCUT2D eigenvalue weighted by atomic mass is 10.1. The lowest BCUT2D eigenvalue weighted by Gasteiger charge is -2.14. The zero-order valence-corrected chi connectivity index (χ0v) is 20.5. The van der Waals surface area contributed by atoms with Crippen LogP contribution in [0, 0.1) is 0 Å². The summed E-state index contributed by atoms with van der Waals surface area (Å²) in [5.41, 5.74) is 12.3. The standard InChI is InChI=1S/C30H31N5O/c1-21(18-19-23-13-6-3-7-14-23)32-30(36)26-27-29(34-25-17-9-8-16-24(25)33-27)35(28(26)31)20-10-15-22-11-4-2-5-12-22/h2-9,11-14,16-17,21H,10,15,18-20,31H2,1H3,(H,32,36)/t21-/m1/s1. The van der Waals surface area contributed by atoms with Gasteiger partial charge in [-0.2, -0.15) is 0 Å². The highest BCUT2D eigenvalue weighted by atomic mass is 16.1. The normalized spacial score (nSPS) is 12.1. The number of aryl methyl sites for hydroxylation is 3. The number of benzene rings is 3. The molecule has 0 saturated carbocycles. The molecule has 0 fully saturated rings. The molecule has 5 aromatic rings. The van der Waals surface area contributed by atoms with Crippen molar-refractivity contribution in [2.45, 2.75) is 45.2 Å². The molecule has 3 N–H and O–H groups in total. The van der Waals surface area contributed by atoms with Gasteiger partial charge in [0.25, 0.3) is 5.91 Å². The monoisotopic (exact) mass is 477 g/mol. The summed E-state index contributed by atoms with van der Waals surface area (Å²) in [7, 11) is 0. The van der Waals surface area contributed by atoms with E-state index in [-0.39, 0.29) is 11.9 Å². The lowest BCUT2D eigenvalue weighted by molar-refractivity contribution is 0.0940. The third kappa shape index (κ3) is 5.08. The van der Waals surface area contributed by atoms with Gasteiger partial charge in [0.2, 0.25) is 0 Å². The summed E-state index contributed by atoms with van der Waals surface area (Å²) in [6, 6.07) is 28.4. The Bertz CT molecular complexity index is 1480. The number of carbonyl (C=O) groups excluding carboxylic acids is 1. The van der Waals surface area contributed by atoms with Gasteiger partial charge in [-0.05, 0) is 55.9 Å². The SMILES string of the molecule is C[C@H](CCc1ccccc1)NC(=O)c1c(N)n(CCCc2ccccc2)c2nc3ccccc3nc12. The van der Waals surface area contributed by atoms with Gasteiger partial charge in [0.15, 0.2) is 5.65 Å². The molecule has 182 valence electrons. The third-order valence-corrected chi connectivity index (χ3v) is 6.59. The molecule has 1 amide bonds. The molecule has 0 unspecified atom stereocenters. The van der Waals surface area contributed by atoms with E-state index in [0.29, 0.717) is 29.1 Å². The first kappa shape index (κ1) is 23.5. The van der Waals surface area contributed by atoms with Gasteiger partial charge in [0, 0.05) is 12.6 Å². The Morgan fingerprint density at radius 2 is 1.44 bits per heavy atom. The van der Waals surface area contributed by atoms with Gasteiger partial charge in [0.1, 0.15) is 16.9 Å². The van der Waals surface area contributed by atoms with Gasteiger partial charge >= 0.3 is 0 Å². The predicted octanol–water partition coefficient (Wildman–Crippen LogP) is 5.55. The third-order valence-electron chi connectivity index (χ3n) is 6.59. The number of fused-ring (bicyclic) bond motifs is 2. The molecule has 0 bridgehead atoms. The molecule has 0 aliphatic heterocycles. The van der Waals surface area contributed by atoms with Crippen molar-refractivity contribution in [1.82, 2.24) is 19.9 Å². The Kier molecular flexibility index (Phi) is 6.94. The lowest BCUT2D eigenvalue weighted by Crippen LogP contribution is -2.33. The second-order valence-electron chi connectivity index (χ2n) is 9.28. The first-order chi connectivity index (χ1) is 17.6. The first-order valence-corrected chi connectivity index (χ1v) is 12.5. The average molecular weight is 478 g/mol. The van der Waals surface area contributed by atoms with Crippen LogP contribution >= 0.6 is 0 Å². The number of nitrogens with two attached hydrogens (primary N) is 1. The van der Waals surface area contributed by atoms with E-state index in [1.165, 1.54) is 11.1 Å². The van der Waals surface area contributed by atoms with Gasteiger partial charge in [0.05, 0.1) is 11.0 Å². The number of anilines is 1. The van der Waals surface area contributed by atoms with Crippen molar-refractivity contribution in [3.05, 3.63) is 102 Å². The number of nitrogens with zero attached hydrogens (tertiary/aromatic N) is 3. The molecule has 2 heterocycles. The summed E-state index contributed by atoms with van der Waals surface area (Å²) in [5, 5.41) is 3.14. The largest absolute Gasteiger partial charge is 0.384 e. The smallest absolute Gasteiger partial charge is 0.257 e. The van der Waals surface area contributed by atoms with Gasteiger partial charge < -0.3 is 15.6 Å². The minimum Gasteiger partial charge on any atom is -0.384 e. The highest BCUT2D eigenvalue weighted by Gasteiger charge is 2.24. The van der Waals surface area contributed by atoms with Crippen molar-refractivity contribution in [3.63, 3.8) is 0 Å². The van der Waals surface area contributed by atoms with Crippen LogP contribution in [-0.2, 0) is 19.4 Å². The highest BCUT2D eigenvalue weighted by Crippen LogP contribution is 2.28. The highest BCUT2D eigenvalue weighted by molar-refractivity contribution is 6.10. The van der Waals surface area contributed by atoms with Crippen molar-refractivity contribution in [2.75, 3.05) is 5.73 Å². The summed E-state index contributed by atoms with van der Waals surface area (Å²) >= 11 is 0. The minimum absolute atomic E-state index is 0.0120. The number of para-hydroxylation sites is 2. The Morgan fingerprint density at radius 3 is 2.11 bits per heavy atom. The van der Waals surface area contributed by atoms with Crippen LogP contribution in [0.1, 0.15) is 41.3 Å². The number of hydrogen-bond acceptors (Lipinski definition) is 4. The number of aromatic nitrogens is 3. The molecule has 0 spiro atoms. The molecule has 1 atom stereocenters. The van der Waals surface area contributed by atoms with Crippen LogP contribution in [0.3, 0.4) is 0 Å². The second kappa shape index (κ2) is 10.6. The van der Waals surface area contributed by atoms with E-state index in [2.05, 4.69) is 29.6 Å². The van der Waals surface area contributed by atoms with E-state index in [4.69, 9.17) is 15.7 Å². The maximum atomic E-state index is 13.5. The molecule has 3 aromatic carbocycles. The molecule has 5 rings (SSSR count). The van der Waals surface area contributed by atoms with Crippen molar-refractivity contribution < 1.29 is 4.79 Å². The number of nitrogens with one attached hydrogen (secondary N) is 1. The fourth-order valence-electron chi connectivity index (χ4n) is 4.65. The molecule has 0 aliphatic rings. The number of amides is 1. The van der Waals surface area contributed by atoms with E-state index >= 15 is 0 Å². The van der Waals surface area contributed by atoms with E-state index < -0.39 is 0 Å². The van der Waals surface area contributed by atoms with Crippen LogP contribution in [0.15, 0.2) is 84.9 Å². The number of carbonyl (C=O) groups is 1. The maximum Gasteiger partial charge on any atom is 0.257 e. The Hall–Kier alpha value is -4.19. The second-order valence-corrected chi connectivity index (χ2v) is 9.28. The summed E-state index contributed by atoms with van der Waals surface area (Å²) in [5.74, 6) is 0.213. The van der Waals surface area contributed by atoms with Crippen LogP contribution in [0.5, 0.6) is 0 Å². The summed E-state index contributed by atoms with van der Waals surface area (Å²) in [6.07, 6.45) is 3.52. The Morgan fingerprint density at radius 1 is 0.861 bits per heavy atom. The molecule has 0 aliphatic carbocycles. The summed E-state index contributed by atoms with van der Waals surface area (Å²) < 4.78 is 1.95. The topological polar surface area (TPSA) is 85.8 Å². The fraction of sp³-hybridized carbons (Fsp3) is 0.233. The van der Waals surface area contributed by atoms with Crippen LogP contribution in [0.2, 0.25) is 0 Å². The van der Waals surface area contributed by atoms with Gasteiger partial charge in [-0.15, -0.1) is 0 Å². The average Bonchev–Trinajstić information content (AvgIpc) is 3.17. The number of nitrogen functional groups attached to an aromatic ring is 1. The molecule has 6 nitrogen and oxygen atoms in total. The molecule has 0 saturated heterocycles. The zero-order chi connectivity index (χ0) is 24.9. The molecule has 0 radical (unpaired) electrons. The van der Waals surface area contributed by atoms with E-state index in [1.807, 2.05) is 72.2 Å². The summed E-state index contributed by atoms with van der Waals surface area (Å²) in [6.45, 7) is 2.68. The van der Waals surface area contributed by atoms with Crippen LogP contribution in [0.4, 0.5) is 5.82 Å². The maximum absolute atomic E-state index is 13.5. The minimum atomic E-state index is -0.204.